The van der Waals surface area contributed by atoms with Crippen LogP contribution in [0.3, 0.4) is 0 Å². The Balaban J connectivity index is 1.67. The van der Waals surface area contributed by atoms with Crippen molar-refractivity contribution >= 4 is 16.8 Å². The Hall–Kier alpha value is -3.94. The minimum atomic E-state index is -4.41. The Morgan fingerprint density at radius 1 is 1.03 bits per heavy atom. The summed E-state index contributed by atoms with van der Waals surface area (Å²) in [5, 5.41) is 3.59. The first-order chi connectivity index (χ1) is 15.8. The molecule has 2 heterocycles. The molecule has 0 aliphatic carbocycles. The van der Waals surface area contributed by atoms with Crippen molar-refractivity contribution in [3.8, 4) is 17.0 Å². The maximum Gasteiger partial charge on any atom is 0.416 e. The van der Waals surface area contributed by atoms with Crippen molar-refractivity contribution in [2.75, 3.05) is 7.11 Å². The summed E-state index contributed by atoms with van der Waals surface area (Å²) >= 11 is 0. The number of ether oxygens (including phenoxy) is 1. The summed E-state index contributed by atoms with van der Waals surface area (Å²) in [7, 11) is 1.50. The molecule has 168 valence electrons. The Labute approximate surface area is 188 Å². The maximum absolute atomic E-state index is 12.9. The Morgan fingerprint density at radius 2 is 1.79 bits per heavy atom. The summed E-state index contributed by atoms with van der Waals surface area (Å²) in [5.74, 6) is 0.208. The first-order valence-electron chi connectivity index (χ1n) is 10.1. The van der Waals surface area contributed by atoms with Gasteiger partial charge < -0.3 is 10.1 Å². The number of rotatable bonds is 5. The van der Waals surface area contributed by atoms with E-state index in [0.29, 0.717) is 33.5 Å². The highest BCUT2D eigenvalue weighted by Crippen LogP contribution is 2.33. The summed E-state index contributed by atoms with van der Waals surface area (Å²) in [6, 6.07) is 16.6. The predicted octanol–water partition coefficient (Wildman–Crippen LogP) is 5.82. The number of pyridine rings is 2. The molecule has 0 unspecified atom stereocenters. The molecule has 4 rings (SSSR count). The molecular weight excluding hydrogens is 431 g/mol. The van der Waals surface area contributed by atoms with Crippen molar-refractivity contribution in [1.29, 1.82) is 0 Å². The molecule has 1 N–H and O–H groups in total. The fraction of sp³-hybridized carbons (Fsp3) is 0.160. The molecule has 0 aliphatic heterocycles. The minimum absolute atomic E-state index is 0.296. The van der Waals surface area contributed by atoms with Gasteiger partial charge in [0, 0.05) is 28.8 Å². The zero-order valence-corrected chi connectivity index (χ0v) is 17.9. The smallest absolute Gasteiger partial charge is 0.416 e. The second kappa shape index (κ2) is 8.90. The Morgan fingerprint density at radius 3 is 2.42 bits per heavy atom. The van der Waals surface area contributed by atoms with Crippen LogP contribution in [-0.4, -0.2) is 23.0 Å². The predicted molar refractivity (Wildman–Crippen MR) is 119 cm³/mol. The highest BCUT2D eigenvalue weighted by atomic mass is 19.4. The molecule has 2 aromatic heterocycles. The first-order valence-corrected chi connectivity index (χ1v) is 10.1. The third kappa shape index (κ3) is 4.79. The van der Waals surface area contributed by atoms with Crippen LogP contribution in [0.15, 0.2) is 72.9 Å². The van der Waals surface area contributed by atoms with Crippen LogP contribution >= 0.6 is 0 Å². The normalized spacial score (nSPS) is 12.4. The molecule has 0 spiro atoms. The van der Waals surface area contributed by atoms with Gasteiger partial charge in [-0.2, -0.15) is 13.2 Å². The Bertz CT molecular complexity index is 1290. The summed E-state index contributed by atoms with van der Waals surface area (Å²) < 4.78 is 44.1. The molecule has 8 heteroatoms. The van der Waals surface area contributed by atoms with Crippen LogP contribution in [0.2, 0.25) is 0 Å². The standard InChI is InChI=1S/C25H20F3N3O2/c1-15(20-5-3-4-12-29-20)30-24(32)17-8-11-19-22(13-17)31-21(14-23(19)33-2)16-6-9-18(10-7-16)25(26,27)28/h3-15H,1-2H3,(H,30,32)/t15-/m0/s1. The highest BCUT2D eigenvalue weighted by Gasteiger charge is 2.30. The third-order valence-corrected chi connectivity index (χ3v) is 5.24. The van der Waals surface area contributed by atoms with Gasteiger partial charge in [-0.3, -0.25) is 9.78 Å². The fourth-order valence-electron chi connectivity index (χ4n) is 3.47. The SMILES string of the molecule is COc1cc(-c2ccc(C(F)(F)F)cc2)nc2cc(C(=O)N[C@@H](C)c3ccccn3)ccc12. The number of hydrogen-bond acceptors (Lipinski definition) is 4. The summed E-state index contributed by atoms with van der Waals surface area (Å²) in [4.78, 5) is 21.6. The number of fused-ring (bicyclic) bond motifs is 1. The van der Waals surface area contributed by atoms with Gasteiger partial charge in [-0.25, -0.2) is 4.98 Å². The molecule has 1 atom stereocenters. The molecule has 0 fully saturated rings. The van der Waals surface area contributed by atoms with E-state index in [4.69, 9.17) is 4.74 Å². The topological polar surface area (TPSA) is 64.1 Å². The van der Waals surface area contributed by atoms with E-state index >= 15 is 0 Å². The molecule has 2 aromatic carbocycles. The van der Waals surface area contributed by atoms with Gasteiger partial charge in [-0.1, -0.05) is 18.2 Å². The number of amides is 1. The highest BCUT2D eigenvalue weighted by molar-refractivity contribution is 5.99. The molecular formula is C25H20F3N3O2. The summed E-state index contributed by atoms with van der Waals surface area (Å²) in [5.41, 5.74) is 1.82. The molecule has 1 amide bonds. The van der Waals surface area contributed by atoms with E-state index in [-0.39, 0.29) is 11.9 Å². The lowest BCUT2D eigenvalue weighted by molar-refractivity contribution is -0.137. The van der Waals surface area contributed by atoms with Crippen LogP contribution in [0.1, 0.15) is 34.6 Å². The van der Waals surface area contributed by atoms with Crippen molar-refractivity contribution in [2.24, 2.45) is 0 Å². The van der Waals surface area contributed by atoms with Gasteiger partial charge in [-0.15, -0.1) is 0 Å². The van der Waals surface area contributed by atoms with Crippen LogP contribution in [0.25, 0.3) is 22.2 Å². The maximum atomic E-state index is 12.9. The second-order valence-electron chi connectivity index (χ2n) is 7.47. The van der Waals surface area contributed by atoms with E-state index in [2.05, 4.69) is 15.3 Å². The van der Waals surface area contributed by atoms with Gasteiger partial charge in [0.2, 0.25) is 0 Å². The van der Waals surface area contributed by atoms with E-state index in [9.17, 15) is 18.0 Å². The number of alkyl halides is 3. The number of hydrogen-bond donors (Lipinski definition) is 1. The Kier molecular flexibility index (Phi) is 6.00. The number of nitrogens with one attached hydrogen (secondary N) is 1. The number of nitrogens with zero attached hydrogens (tertiary/aromatic N) is 2. The van der Waals surface area contributed by atoms with Gasteiger partial charge in [-0.05, 0) is 49.4 Å². The van der Waals surface area contributed by atoms with E-state index < -0.39 is 11.7 Å². The summed E-state index contributed by atoms with van der Waals surface area (Å²) in [6.07, 6.45) is -2.76. The number of methoxy groups -OCH3 is 1. The molecule has 33 heavy (non-hydrogen) atoms. The molecule has 0 saturated carbocycles. The molecule has 0 bridgehead atoms. The number of aromatic nitrogens is 2. The number of benzene rings is 2. The van der Waals surface area contributed by atoms with Gasteiger partial charge in [0.05, 0.1) is 35.6 Å². The van der Waals surface area contributed by atoms with Crippen LogP contribution in [0, 0.1) is 0 Å². The second-order valence-corrected chi connectivity index (χ2v) is 7.47. The quantitative estimate of drug-likeness (QED) is 0.416. The van der Waals surface area contributed by atoms with Crippen molar-refractivity contribution < 1.29 is 22.7 Å². The molecule has 0 aliphatic rings. The molecule has 0 saturated heterocycles. The van der Waals surface area contributed by atoms with Gasteiger partial charge in [0.15, 0.2) is 0 Å². The first kappa shape index (κ1) is 22.3. The zero-order chi connectivity index (χ0) is 23.6. The van der Waals surface area contributed by atoms with E-state index in [1.807, 2.05) is 19.1 Å². The van der Waals surface area contributed by atoms with Crippen molar-refractivity contribution in [2.45, 2.75) is 19.1 Å². The van der Waals surface area contributed by atoms with Crippen molar-refractivity contribution in [3.63, 3.8) is 0 Å². The van der Waals surface area contributed by atoms with Crippen LogP contribution < -0.4 is 10.1 Å². The third-order valence-electron chi connectivity index (χ3n) is 5.24. The lowest BCUT2D eigenvalue weighted by Crippen LogP contribution is -2.27. The van der Waals surface area contributed by atoms with Crippen molar-refractivity contribution in [3.05, 3.63) is 89.7 Å². The van der Waals surface area contributed by atoms with Crippen molar-refractivity contribution in [1.82, 2.24) is 15.3 Å². The van der Waals surface area contributed by atoms with E-state index in [1.54, 1.807) is 36.5 Å². The summed E-state index contributed by atoms with van der Waals surface area (Å²) in [6.45, 7) is 1.84. The van der Waals surface area contributed by atoms with Crippen LogP contribution in [0.4, 0.5) is 13.2 Å². The largest absolute Gasteiger partial charge is 0.496 e. The fourth-order valence-corrected chi connectivity index (χ4v) is 3.47. The van der Waals surface area contributed by atoms with E-state index in [1.165, 1.54) is 19.2 Å². The average Bonchev–Trinajstić information content (AvgIpc) is 2.83. The minimum Gasteiger partial charge on any atom is -0.496 e. The monoisotopic (exact) mass is 451 g/mol. The van der Waals surface area contributed by atoms with Crippen LogP contribution in [0.5, 0.6) is 5.75 Å². The molecule has 4 aromatic rings. The molecule has 0 radical (unpaired) electrons. The lowest BCUT2D eigenvalue weighted by Gasteiger charge is -2.14. The average molecular weight is 451 g/mol. The number of halogens is 3. The number of carbonyl (C=O) groups is 1. The van der Waals surface area contributed by atoms with Gasteiger partial charge in [0.1, 0.15) is 5.75 Å². The number of carbonyl (C=O) groups excluding carboxylic acids is 1. The lowest BCUT2D eigenvalue weighted by atomic mass is 10.0. The van der Waals surface area contributed by atoms with Gasteiger partial charge in [0.25, 0.3) is 5.91 Å². The zero-order valence-electron chi connectivity index (χ0n) is 17.9. The molecule has 5 nitrogen and oxygen atoms in total. The van der Waals surface area contributed by atoms with Gasteiger partial charge >= 0.3 is 6.18 Å². The van der Waals surface area contributed by atoms with E-state index in [0.717, 1.165) is 17.8 Å². The van der Waals surface area contributed by atoms with Crippen LogP contribution in [-0.2, 0) is 6.18 Å².